The normalized spacial score (nSPS) is 10.9. The van der Waals surface area contributed by atoms with E-state index >= 15 is 0 Å². The average molecular weight is 540 g/mol. The molecule has 0 aliphatic rings. The van der Waals surface area contributed by atoms with E-state index in [0.29, 0.717) is 21.0 Å². The third kappa shape index (κ3) is 5.77. The number of thiophene rings is 1. The number of aromatic nitrogens is 2. The summed E-state index contributed by atoms with van der Waals surface area (Å²) in [6, 6.07) is 13.2. The molecule has 1 N–H and O–H groups in total. The second kappa shape index (κ2) is 11.5. The minimum Gasteiger partial charge on any atom is -0.459 e. The minimum absolute atomic E-state index is 0.0836. The van der Waals surface area contributed by atoms with E-state index in [-0.39, 0.29) is 47.1 Å². The largest absolute Gasteiger partial charge is 0.459 e. The number of fused-ring (bicyclic) bond motifs is 1. The fourth-order valence-electron chi connectivity index (χ4n) is 3.65. The molecule has 0 fully saturated rings. The molecule has 0 saturated carbocycles. The summed E-state index contributed by atoms with van der Waals surface area (Å²) in [5.74, 6) is -1.42. The number of aryl methyl sites for hydroxylation is 1. The van der Waals surface area contributed by atoms with Crippen LogP contribution in [0.3, 0.4) is 0 Å². The molecule has 2 aromatic heterocycles. The van der Waals surface area contributed by atoms with E-state index in [1.54, 1.807) is 43.3 Å². The number of hydrogen-bond donors (Lipinski definition) is 1. The first kappa shape index (κ1) is 26.2. The summed E-state index contributed by atoms with van der Waals surface area (Å²) in [7, 11) is 1.50. The van der Waals surface area contributed by atoms with Crippen molar-refractivity contribution in [3.63, 3.8) is 0 Å². The van der Waals surface area contributed by atoms with Crippen LogP contribution in [-0.2, 0) is 20.8 Å². The van der Waals surface area contributed by atoms with Gasteiger partial charge in [0.15, 0.2) is 5.78 Å². The smallest absolute Gasteiger partial charge is 0.348 e. The first-order valence-electron chi connectivity index (χ1n) is 11.1. The van der Waals surface area contributed by atoms with Gasteiger partial charge in [-0.3, -0.25) is 19.0 Å². The summed E-state index contributed by atoms with van der Waals surface area (Å²) < 4.78 is 11.2. The van der Waals surface area contributed by atoms with Gasteiger partial charge in [-0.1, -0.05) is 41.9 Å². The van der Waals surface area contributed by atoms with Gasteiger partial charge in [-0.05, 0) is 30.7 Å². The van der Waals surface area contributed by atoms with Gasteiger partial charge >= 0.3 is 5.97 Å². The maximum absolute atomic E-state index is 13.1. The van der Waals surface area contributed by atoms with E-state index in [9.17, 15) is 19.2 Å². The lowest BCUT2D eigenvalue weighted by molar-refractivity contribution is -0.116. The van der Waals surface area contributed by atoms with Gasteiger partial charge in [-0.15, -0.1) is 11.3 Å². The topological polar surface area (TPSA) is 117 Å². The molecule has 11 heteroatoms. The van der Waals surface area contributed by atoms with E-state index < -0.39 is 17.4 Å². The number of anilines is 1. The molecule has 0 spiro atoms. The summed E-state index contributed by atoms with van der Waals surface area (Å²) in [5.41, 5.74) is 0.886. The number of amides is 1. The number of ether oxygens (including phenoxy) is 2. The first-order valence-corrected chi connectivity index (χ1v) is 12.3. The second-order valence-electron chi connectivity index (χ2n) is 7.98. The van der Waals surface area contributed by atoms with Crippen molar-refractivity contribution >= 4 is 56.5 Å². The van der Waals surface area contributed by atoms with Gasteiger partial charge in [0.05, 0.1) is 24.0 Å². The summed E-state index contributed by atoms with van der Waals surface area (Å²) in [5, 5.41) is 3.27. The molecule has 0 atom stereocenters. The zero-order valence-electron chi connectivity index (χ0n) is 19.9. The van der Waals surface area contributed by atoms with Crippen molar-refractivity contribution in [1.29, 1.82) is 0 Å². The Kier molecular flexibility index (Phi) is 8.12. The van der Waals surface area contributed by atoms with E-state index in [1.165, 1.54) is 25.6 Å². The number of carbonyl (C=O) groups is 3. The van der Waals surface area contributed by atoms with Crippen LogP contribution in [0, 0.1) is 6.92 Å². The third-order valence-corrected chi connectivity index (χ3v) is 6.89. The molecule has 0 unspecified atom stereocenters. The molecule has 0 bridgehead atoms. The quantitative estimate of drug-likeness (QED) is 0.193. The van der Waals surface area contributed by atoms with Crippen LogP contribution in [0.25, 0.3) is 10.2 Å². The fourth-order valence-corrected chi connectivity index (χ4v) is 4.86. The molecule has 0 radical (unpaired) electrons. The van der Waals surface area contributed by atoms with Crippen molar-refractivity contribution < 1.29 is 23.9 Å². The van der Waals surface area contributed by atoms with Crippen molar-refractivity contribution in [3.8, 4) is 0 Å². The second-order valence-corrected chi connectivity index (χ2v) is 9.41. The Morgan fingerprint density at radius 2 is 1.86 bits per heavy atom. The van der Waals surface area contributed by atoms with E-state index in [4.69, 9.17) is 21.1 Å². The Balaban J connectivity index is 1.57. The van der Waals surface area contributed by atoms with Gasteiger partial charge in [-0.2, -0.15) is 0 Å². The standard InChI is InChI=1S/C26H22ClN3O6S/c1-15-21-24(37-23(15)26(34)36-11-10-35-2)28-14-30(25(21)33)13-20(31)29-19-9-8-17(27)12-18(19)22(32)16-6-4-3-5-7-16/h3-9,12,14H,10-11,13H2,1-2H3,(H,29,31). The highest BCUT2D eigenvalue weighted by molar-refractivity contribution is 7.20. The number of halogens is 1. The van der Waals surface area contributed by atoms with Crippen LogP contribution < -0.4 is 10.9 Å². The van der Waals surface area contributed by atoms with Crippen molar-refractivity contribution in [3.05, 3.63) is 91.8 Å². The van der Waals surface area contributed by atoms with Gasteiger partial charge in [0, 0.05) is 23.3 Å². The highest BCUT2D eigenvalue weighted by Crippen LogP contribution is 2.28. The Bertz CT molecular complexity index is 1550. The van der Waals surface area contributed by atoms with Gasteiger partial charge in [0.25, 0.3) is 5.56 Å². The molecular formula is C26H22ClN3O6S. The molecule has 37 heavy (non-hydrogen) atoms. The van der Waals surface area contributed by atoms with Crippen LogP contribution >= 0.6 is 22.9 Å². The molecule has 2 heterocycles. The lowest BCUT2D eigenvalue weighted by atomic mass is 10.0. The van der Waals surface area contributed by atoms with Crippen LogP contribution in [-0.4, -0.2) is 47.5 Å². The highest BCUT2D eigenvalue weighted by atomic mass is 35.5. The van der Waals surface area contributed by atoms with Gasteiger partial charge < -0.3 is 14.8 Å². The molecule has 0 aliphatic heterocycles. The zero-order chi connectivity index (χ0) is 26.5. The number of rotatable bonds is 9. The summed E-state index contributed by atoms with van der Waals surface area (Å²) in [6.07, 6.45) is 1.25. The lowest BCUT2D eigenvalue weighted by Crippen LogP contribution is -2.28. The van der Waals surface area contributed by atoms with E-state index in [2.05, 4.69) is 10.3 Å². The van der Waals surface area contributed by atoms with E-state index in [0.717, 1.165) is 15.9 Å². The number of methoxy groups -OCH3 is 1. The minimum atomic E-state index is -0.570. The van der Waals surface area contributed by atoms with Crippen LogP contribution in [0.2, 0.25) is 5.02 Å². The molecule has 2 aromatic carbocycles. The van der Waals surface area contributed by atoms with Crippen molar-refractivity contribution in [2.75, 3.05) is 25.6 Å². The maximum Gasteiger partial charge on any atom is 0.348 e. The first-order chi connectivity index (χ1) is 17.8. The monoisotopic (exact) mass is 539 g/mol. The predicted molar refractivity (Wildman–Crippen MR) is 141 cm³/mol. The maximum atomic E-state index is 13.1. The third-order valence-electron chi connectivity index (χ3n) is 5.47. The Labute approximate surface area is 220 Å². The zero-order valence-corrected chi connectivity index (χ0v) is 21.5. The molecule has 190 valence electrons. The van der Waals surface area contributed by atoms with Crippen molar-refractivity contribution in [2.45, 2.75) is 13.5 Å². The van der Waals surface area contributed by atoms with Gasteiger partial charge in [0.1, 0.15) is 22.9 Å². The number of carbonyl (C=O) groups excluding carboxylic acids is 3. The lowest BCUT2D eigenvalue weighted by Gasteiger charge is -2.12. The summed E-state index contributed by atoms with van der Waals surface area (Å²) in [6.45, 7) is 1.61. The van der Waals surface area contributed by atoms with Crippen LogP contribution in [0.4, 0.5) is 5.69 Å². The number of esters is 1. The van der Waals surface area contributed by atoms with Crippen LogP contribution in [0.1, 0.15) is 31.2 Å². The van der Waals surface area contributed by atoms with Crippen molar-refractivity contribution in [1.82, 2.24) is 9.55 Å². The molecule has 9 nitrogen and oxygen atoms in total. The Morgan fingerprint density at radius 3 is 2.59 bits per heavy atom. The SMILES string of the molecule is COCCOC(=O)c1sc2ncn(CC(=O)Nc3ccc(Cl)cc3C(=O)c3ccccc3)c(=O)c2c1C. The van der Waals surface area contributed by atoms with Gasteiger partial charge in [-0.25, -0.2) is 9.78 Å². The number of ketones is 1. The van der Waals surface area contributed by atoms with Crippen molar-refractivity contribution in [2.24, 2.45) is 0 Å². The predicted octanol–water partition coefficient (Wildman–Crippen LogP) is 4.09. The molecular weight excluding hydrogens is 518 g/mol. The molecule has 1 amide bonds. The number of nitrogens with one attached hydrogen (secondary N) is 1. The van der Waals surface area contributed by atoms with Gasteiger partial charge in [0.2, 0.25) is 5.91 Å². The Hall–Kier alpha value is -3.86. The molecule has 4 rings (SSSR count). The Morgan fingerprint density at radius 1 is 1.11 bits per heavy atom. The summed E-state index contributed by atoms with van der Waals surface area (Å²) >= 11 is 7.16. The number of nitrogens with zero attached hydrogens (tertiary/aromatic N) is 2. The highest BCUT2D eigenvalue weighted by Gasteiger charge is 2.22. The summed E-state index contributed by atoms with van der Waals surface area (Å²) in [4.78, 5) is 56.3. The molecule has 0 saturated heterocycles. The fraction of sp³-hybridized carbons (Fsp3) is 0.192. The number of benzene rings is 2. The molecule has 4 aromatic rings. The number of hydrogen-bond acceptors (Lipinski definition) is 8. The van der Waals surface area contributed by atoms with Crippen LogP contribution in [0.5, 0.6) is 0 Å². The van der Waals surface area contributed by atoms with E-state index in [1.807, 2.05) is 0 Å². The van der Waals surface area contributed by atoms with Crippen LogP contribution in [0.15, 0.2) is 59.7 Å². The average Bonchev–Trinajstić information content (AvgIpc) is 3.24. The molecule has 0 aliphatic carbocycles.